The number of hydrogen-bond donors (Lipinski definition) is 1. The fraction of sp³-hybridized carbons (Fsp3) is 0.520. The van der Waals surface area contributed by atoms with Crippen LogP contribution in [0, 0.1) is 0 Å². The molecule has 1 N–H and O–H groups in total. The summed E-state index contributed by atoms with van der Waals surface area (Å²) in [4.78, 5) is 2.29. The second kappa shape index (κ2) is 13.2. The molecule has 2 atom stereocenters. The minimum absolute atomic E-state index is 0.154. The van der Waals surface area contributed by atoms with Gasteiger partial charge in [-0.3, -0.25) is 0 Å². The van der Waals surface area contributed by atoms with Gasteiger partial charge in [-0.05, 0) is 68.2 Å². The van der Waals surface area contributed by atoms with Gasteiger partial charge in [0.2, 0.25) is 0 Å². The lowest BCUT2D eigenvalue weighted by molar-refractivity contribution is -0.0934. The van der Waals surface area contributed by atoms with Gasteiger partial charge in [0.1, 0.15) is 0 Å². The van der Waals surface area contributed by atoms with Gasteiger partial charge in [-0.2, -0.15) is 0 Å². The third-order valence-electron chi connectivity index (χ3n) is 5.71. The highest BCUT2D eigenvalue weighted by Gasteiger charge is 2.22. The number of nitrogens with zero attached hydrogens (tertiary/aromatic N) is 1. The summed E-state index contributed by atoms with van der Waals surface area (Å²) in [5, 5.41) is 10.4. The van der Waals surface area contributed by atoms with Crippen molar-refractivity contribution in [1.82, 2.24) is 4.90 Å². The summed E-state index contributed by atoms with van der Waals surface area (Å²) < 4.78 is 26.7. The number of aliphatic hydroxyl groups is 1. The highest BCUT2D eigenvalue weighted by molar-refractivity contribution is 5.44. The Balaban J connectivity index is 1.92. The molecule has 0 radical (unpaired) electrons. The van der Waals surface area contributed by atoms with E-state index in [0.29, 0.717) is 11.5 Å². The van der Waals surface area contributed by atoms with E-state index in [1.165, 1.54) is 12.7 Å². The quantitative estimate of drug-likeness (QED) is 0.443. The third kappa shape index (κ3) is 7.02. The van der Waals surface area contributed by atoms with Crippen molar-refractivity contribution in [2.24, 2.45) is 0 Å². The molecule has 0 saturated carbocycles. The minimum atomic E-state index is -0.884. The molecule has 0 aromatic heterocycles. The first-order valence-corrected chi connectivity index (χ1v) is 10.8. The molecule has 0 aliphatic heterocycles. The average Bonchev–Trinajstić information content (AvgIpc) is 2.84. The van der Waals surface area contributed by atoms with Crippen molar-refractivity contribution in [2.45, 2.75) is 31.5 Å². The summed E-state index contributed by atoms with van der Waals surface area (Å²) in [6.45, 7) is 1.83. The van der Waals surface area contributed by atoms with Crippen molar-refractivity contribution < 1.29 is 28.8 Å². The Labute approximate surface area is 191 Å². The van der Waals surface area contributed by atoms with Crippen LogP contribution in [0.25, 0.3) is 0 Å². The van der Waals surface area contributed by atoms with Gasteiger partial charge in [0, 0.05) is 19.6 Å². The maximum Gasteiger partial charge on any atom is 0.161 e. The zero-order chi connectivity index (χ0) is 23.5. The molecule has 0 saturated heterocycles. The highest BCUT2D eigenvalue weighted by atomic mass is 16.6. The molecule has 7 nitrogen and oxygen atoms in total. The van der Waals surface area contributed by atoms with Gasteiger partial charge in [-0.25, -0.2) is 0 Å². The minimum Gasteiger partial charge on any atom is -0.493 e. The smallest absolute Gasteiger partial charge is 0.161 e. The number of methoxy groups -OCH3 is 5. The number of ether oxygens (including phenoxy) is 5. The van der Waals surface area contributed by atoms with Crippen molar-refractivity contribution in [2.75, 3.05) is 55.7 Å². The van der Waals surface area contributed by atoms with Crippen LogP contribution in [-0.2, 0) is 11.2 Å². The lowest BCUT2D eigenvalue weighted by Crippen LogP contribution is -2.25. The Morgan fingerprint density at radius 3 is 1.97 bits per heavy atom. The number of rotatable bonds is 14. The van der Waals surface area contributed by atoms with Gasteiger partial charge in [0.05, 0.1) is 28.4 Å². The summed E-state index contributed by atoms with van der Waals surface area (Å²) in [5.41, 5.74) is 2.16. The summed E-state index contributed by atoms with van der Waals surface area (Å²) in [7, 11) is 10.1. The predicted octanol–water partition coefficient (Wildman–Crippen LogP) is 3.72. The van der Waals surface area contributed by atoms with E-state index in [1.807, 2.05) is 30.3 Å². The standard InChI is InChI=1S/C25H37NO6/c1-26(15-13-18-9-11-21(28-2)23(16-18)30-4)14-7-8-20(25(27)32-6)19-10-12-22(29-3)24(17-19)31-5/h9-12,16-17,20,25,27H,7-8,13-15H2,1-6H3. The Hall–Kier alpha value is -2.48. The van der Waals surface area contributed by atoms with E-state index in [0.717, 1.165) is 49.4 Å². The molecule has 0 amide bonds. The van der Waals surface area contributed by atoms with E-state index < -0.39 is 6.29 Å². The molecular weight excluding hydrogens is 410 g/mol. The SMILES string of the molecule is COc1ccc(CCN(C)CCCC(c2ccc(OC)c(OC)c2)C(O)OC)cc1OC. The van der Waals surface area contributed by atoms with E-state index >= 15 is 0 Å². The lowest BCUT2D eigenvalue weighted by Gasteiger charge is -2.24. The number of benzene rings is 2. The molecule has 2 aromatic carbocycles. The van der Waals surface area contributed by atoms with Crippen molar-refractivity contribution in [3.05, 3.63) is 47.5 Å². The molecule has 2 unspecified atom stereocenters. The van der Waals surface area contributed by atoms with Crippen LogP contribution in [0.15, 0.2) is 36.4 Å². The molecule has 32 heavy (non-hydrogen) atoms. The molecule has 7 heteroatoms. The van der Waals surface area contributed by atoms with E-state index in [1.54, 1.807) is 28.4 Å². The molecule has 0 spiro atoms. The van der Waals surface area contributed by atoms with Crippen LogP contribution in [0.5, 0.6) is 23.0 Å². The number of hydrogen-bond acceptors (Lipinski definition) is 7. The fourth-order valence-corrected chi connectivity index (χ4v) is 3.77. The average molecular weight is 448 g/mol. The normalized spacial score (nSPS) is 13.0. The van der Waals surface area contributed by atoms with E-state index in [-0.39, 0.29) is 5.92 Å². The molecule has 0 bridgehead atoms. The van der Waals surface area contributed by atoms with Crippen molar-refractivity contribution in [1.29, 1.82) is 0 Å². The molecule has 2 aromatic rings. The summed E-state index contributed by atoms with van der Waals surface area (Å²) >= 11 is 0. The maximum absolute atomic E-state index is 10.4. The van der Waals surface area contributed by atoms with Gasteiger partial charge < -0.3 is 33.7 Å². The van der Waals surface area contributed by atoms with Gasteiger partial charge >= 0.3 is 0 Å². The summed E-state index contributed by atoms with van der Waals surface area (Å²) in [6.07, 6.45) is 1.73. The van der Waals surface area contributed by atoms with Crippen LogP contribution in [0.4, 0.5) is 0 Å². The maximum atomic E-state index is 10.4. The summed E-state index contributed by atoms with van der Waals surface area (Å²) in [6, 6.07) is 11.8. The second-order valence-corrected chi connectivity index (χ2v) is 7.73. The first kappa shape index (κ1) is 25.8. The first-order chi connectivity index (χ1) is 15.5. The second-order valence-electron chi connectivity index (χ2n) is 7.73. The lowest BCUT2D eigenvalue weighted by atomic mass is 9.93. The zero-order valence-electron chi connectivity index (χ0n) is 20.1. The molecule has 0 aliphatic carbocycles. The largest absolute Gasteiger partial charge is 0.493 e. The van der Waals surface area contributed by atoms with E-state index in [9.17, 15) is 5.11 Å². The van der Waals surface area contributed by atoms with Crippen molar-refractivity contribution >= 4 is 0 Å². The molecular formula is C25H37NO6. The van der Waals surface area contributed by atoms with E-state index in [4.69, 9.17) is 23.7 Å². The Morgan fingerprint density at radius 2 is 1.38 bits per heavy atom. The molecule has 0 aliphatic rings. The summed E-state index contributed by atoms with van der Waals surface area (Å²) in [5.74, 6) is 2.64. The Bertz CT molecular complexity index is 828. The molecule has 178 valence electrons. The van der Waals surface area contributed by atoms with Crippen LogP contribution in [-0.4, -0.2) is 72.0 Å². The van der Waals surface area contributed by atoms with E-state index in [2.05, 4.69) is 18.0 Å². The van der Waals surface area contributed by atoms with Crippen molar-refractivity contribution in [3.8, 4) is 23.0 Å². The van der Waals surface area contributed by atoms with Gasteiger partial charge in [-0.15, -0.1) is 0 Å². The predicted molar refractivity (Wildman–Crippen MR) is 125 cm³/mol. The van der Waals surface area contributed by atoms with Crippen LogP contribution in [0.3, 0.4) is 0 Å². The first-order valence-electron chi connectivity index (χ1n) is 10.8. The molecule has 0 fully saturated rings. The number of likely N-dealkylation sites (N-methyl/N-ethyl adjacent to an activating group) is 1. The van der Waals surface area contributed by atoms with Crippen LogP contribution >= 0.6 is 0 Å². The molecule has 0 heterocycles. The highest BCUT2D eigenvalue weighted by Crippen LogP contribution is 2.34. The molecule has 2 rings (SSSR count). The third-order valence-corrected chi connectivity index (χ3v) is 5.71. The van der Waals surface area contributed by atoms with Gasteiger partial charge in [0.25, 0.3) is 0 Å². The van der Waals surface area contributed by atoms with Gasteiger partial charge in [-0.1, -0.05) is 12.1 Å². The van der Waals surface area contributed by atoms with Crippen LogP contribution in [0.1, 0.15) is 29.9 Å². The monoisotopic (exact) mass is 447 g/mol. The fourth-order valence-electron chi connectivity index (χ4n) is 3.77. The van der Waals surface area contributed by atoms with Gasteiger partial charge in [0.15, 0.2) is 29.3 Å². The van der Waals surface area contributed by atoms with Crippen molar-refractivity contribution in [3.63, 3.8) is 0 Å². The number of aliphatic hydroxyl groups excluding tert-OH is 1. The Kier molecular flexibility index (Phi) is 10.6. The van der Waals surface area contributed by atoms with Crippen LogP contribution in [0.2, 0.25) is 0 Å². The topological polar surface area (TPSA) is 69.6 Å². The Morgan fingerprint density at radius 1 is 0.781 bits per heavy atom. The van der Waals surface area contributed by atoms with Crippen LogP contribution < -0.4 is 18.9 Å². The zero-order valence-corrected chi connectivity index (χ0v) is 20.1.